The van der Waals surface area contributed by atoms with Gasteiger partial charge in [-0.1, -0.05) is 38.1 Å². The third-order valence-electron chi connectivity index (χ3n) is 5.23. The second kappa shape index (κ2) is 7.91. The molecule has 6 heteroatoms. The molecule has 2 aromatic carbocycles. The topological polar surface area (TPSA) is 72.7 Å². The van der Waals surface area contributed by atoms with Crippen LogP contribution in [0.1, 0.15) is 25.0 Å². The summed E-state index contributed by atoms with van der Waals surface area (Å²) in [7, 11) is 1.95. The van der Waals surface area contributed by atoms with Gasteiger partial charge in [0, 0.05) is 47.6 Å². The second-order valence-corrected chi connectivity index (χ2v) is 7.53. The third kappa shape index (κ3) is 3.92. The number of para-hydroxylation sites is 1. The van der Waals surface area contributed by atoms with E-state index in [0.717, 1.165) is 11.4 Å². The molecule has 150 valence electrons. The molecular formula is C23H24N2O4. The maximum atomic E-state index is 12.6. The number of carbonyl (C=O) groups excluding carboxylic acids is 1. The SMILES string of the molecule is C=CCc1cc([N+](=O)[O-])ccc1OCC(=O)/C=C1\N(C)c2ccccc2C1(C)C. The molecule has 0 saturated heterocycles. The predicted octanol–water partition coefficient (Wildman–Crippen LogP) is 4.58. The highest BCUT2D eigenvalue weighted by Crippen LogP contribution is 2.46. The highest BCUT2D eigenvalue weighted by Gasteiger charge is 2.38. The summed E-state index contributed by atoms with van der Waals surface area (Å²) in [5, 5.41) is 11.0. The van der Waals surface area contributed by atoms with Gasteiger partial charge in [-0.15, -0.1) is 6.58 Å². The van der Waals surface area contributed by atoms with E-state index in [9.17, 15) is 14.9 Å². The molecule has 0 aromatic heterocycles. The van der Waals surface area contributed by atoms with Crippen LogP contribution >= 0.6 is 0 Å². The number of hydrogen-bond donors (Lipinski definition) is 0. The van der Waals surface area contributed by atoms with Crippen LogP contribution in [0.15, 0.2) is 66.9 Å². The van der Waals surface area contributed by atoms with Crippen molar-refractivity contribution in [2.45, 2.75) is 25.7 Å². The van der Waals surface area contributed by atoms with Gasteiger partial charge in [0.2, 0.25) is 0 Å². The molecule has 0 radical (unpaired) electrons. The Hall–Kier alpha value is -3.41. The van der Waals surface area contributed by atoms with Crippen LogP contribution < -0.4 is 9.64 Å². The zero-order valence-electron chi connectivity index (χ0n) is 16.8. The fourth-order valence-electron chi connectivity index (χ4n) is 3.74. The number of carbonyl (C=O) groups is 1. The number of benzene rings is 2. The molecule has 0 fully saturated rings. The Morgan fingerprint density at radius 2 is 2.00 bits per heavy atom. The summed E-state index contributed by atoms with van der Waals surface area (Å²) in [6.45, 7) is 7.71. The van der Waals surface area contributed by atoms with Gasteiger partial charge < -0.3 is 9.64 Å². The number of anilines is 1. The van der Waals surface area contributed by atoms with Crippen molar-refractivity contribution in [1.29, 1.82) is 0 Å². The van der Waals surface area contributed by atoms with Crippen LogP contribution in [-0.4, -0.2) is 24.4 Å². The van der Waals surface area contributed by atoms with Gasteiger partial charge in [-0.25, -0.2) is 0 Å². The quantitative estimate of drug-likeness (QED) is 0.298. The zero-order chi connectivity index (χ0) is 21.2. The van der Waals surface area contributed by atoms with Crippen molar-refractivity contribution in [2.75, 3.05) is 18.6 Å². The first-order chi connectivity index (χ1) is 13.8. The molecule has 0 aliphatic carbocycles. The van der Waals surface area contributed by atoms with Crippen LogP contribution in [0.2, 0.25) is 0 Å². The monoisotopic (exact) mass is 392 g/mol. The molecule has 0 saturated carbocycles. The summed E-state index contributed by atoms with van der Waals surface area (Å²) in [6.07, 6.45) is 3.68. The number of allylic oxidation sites excluding steroid dienone is 2. The number of ketones is 1. The lowest BCUT2D eigenvalue weighted by Crippen LogP contribution is -2.25. The van der Waals surface area contributed by atoms with E-state index in [2.05, 4.69) is 26.5 Å². The standard InChI is InChI=1S/C23H24N2O4/c1-5-8-16-13-17(25(27)28)11-12-21(16)29-15-18(26)14-22-23(2,3)19-9-6-7-10-20(19)24(22)4/h5-7,9-14H,1,8,15H2,2-4H3/b22-14-. The number of nitrogens with zero attached hydrogens (tertiary/aromatic N) is 2. The van der Waals surface area contributed by atoms with E-state index in [1.807, 2.05) is 30.1 Å². The van der Waals surface area contributed by atoms with Crippen LogP contribution in [0.25, 0.3) is 0 Å². The Morgan fingerprint density at radius 1 is 1.28 bits per heavy atom. The van der Waals surface area contributed by atoms with E-state index < -0.39 is 4.92 Å². The lowest BCUT2D eigenvalue weighted by Gasteiger charge is -2.24. The number of nitro groups is 1. The van der Waals surface area contributed by atoms with Gasteiger partial charge in [0.05, 0.1) is 4.92 Å². The third-order valence-corrected chi connectivity index (χ3v) is 5.23. The average molecular weight is 392 g/mol. The van der Waals surface area contributed by atoms with Crippen LogP contribution in [0.3, 0.4) is 0 Å². The molecule has 0 atom stereocenters. The molecule has 1 heterocycles. The summed E-state index contributed by atoms with van der Waals surface area (Å²) in [5.74, 6) is 0.278. The summed E-state index contributed by atoms with van der Waals surface area (Å²) in [5.41, 5.74) is 3.48. The van der Waals surface area contributed by atoms with Gasteiger partial charge in [-0.2, -0.15) is 0 Å². The predicted molar refractivity (Wildman–Crippen MR) is 113 cm³/mol. The van der Waals surface area contributed by atoms with E-state index >= 15 is 0 Å². The minimum Gasteiger partial charge on any atom is -0.485 e. The average Bonchev–Trinajstić information content (AvgIpc) is 2.88. The van der Waals surface area contributed by atoms with Crippen LogP contribution in [0.4, 0.5) is 11.4 Å². The van der Waals surface area contributed by atoms with Crippen molar-refractivity contribution in [3.8, 4) is 5.75 Å². The van der Waals surface area contributed by atoms with Crippen molar-refractivity contribution >= 4 is 17.2 Å². The smallest absolute Gasteiger partial charge is 0.269 e. The zero-order valence-corrected chi connectivity index (χ0v) is 16.8. The van der Waals surface area contributed by atoms with E-state index in [4.69, 9.17) is 4.74 Å². The van der Waals surface area contributed by atoms with Gasteiger partial charge in [0.25, 0.3) is 5.69 Å². The molecule has 1 aliphatic heterocycles. The Balaban J connectivity index is 1.78. The molecule has 0 amide bonds. The van der Waals surface area contributed by atoms with E-state index in [1.54, 1.807) is 12.2 Å². The molecular weight excluding hydrogens is 368 g/mol. The van der Waals surface area contributed by atoms with Crippen molar-refractivity contribution in [1.82, 2.24) is 0 Å². The molecule has 3 rings (SSSR count). The minimum atomic E-state index is -0.457. The largest absolute Gasteiger partial charge is 0.485 e. The van der Waals surface area contributed by atoms with Gasteiger partial charge in [0.15, 0.2) is 12.4 Å². The lowest BCUT2D eigenvalue weighted by atomic mass is 9.83. The number of hydrogen-bond acceptors (Lipinski definition) is 5. The van der Waals surface area contributed by atoms with Crippen molar-refractivity contribution < 1.29 is 14.5 Å². The number of ether oxygens (including phenoxy) is 1. The lowest BCUT2D eigenvalue weighted by molar-refractivity contribution is -0.384. The van der Waals surface area contributed by atoms with E-state index in [1.165, 1.54) is 23.8 Å². The second-order valence-electron chi connectivity index (χ2n) is 7.53. The fourth-order valence-corrected chi connectivity index (χ4v) is 3.74. The van der Waals surface area contributed by atoms with Gasteiger partial charge in [0.1, 0.15) is 5.75 Å². The highest BCUT2D eigenvalue weighted by atomic mass is 16.6. The molecule has 0 N–H and O–H groups in total. The summed E-state index contributed by atoms with van der Waals surface area (Å²) < 4.78 is 5.69. The Bertz CT molecular complexity index is 1010. The highest BCUT2D eigenvalue weighted by molar-refractivity contribution is 5.93. The molecule has 0 bridgehead atoms. The normalized spacial score (nSPS) is 15.8. The Morgan fingerprint density at radius 3 is 2.66 bits per heavy atom. The van der Waals surface area contributed by atoms with Gasteiger partial charge >= 0.3 is 0 Å². The van der Waals surface area contributed by atoms with Crippen LogP contribution in [0.5, 0.6) is 5.75 Å². The number of nitro benzene ring substituents is 1. The first-order valence-electron chi connectivity index (χ1n) is 9.35. The van der Waals surface area contributed by atoms with Crippen molar-refractivity contribution in [2.24, 2.45) is 0 Å². The maximum Gasteiger partial charge on any atom is 0.269 e. The van der Waals surface area contributed by atoms with Gasteiger partial charge in [-0.3, -0.25) is 14.9 Å². The minimum absolute atomic E-state index is 0.0188. The molecule has 6 nitrogen and oxygen atoms in total. The fraction of sp³-hybridized carbons (Fsp3) is 0.261. The first-order valence-corrected chi connectivity index (χ1v) is 9.35. The Labute approximate surface area is 170 Å². The van der Waals surface area contributed by atoms with E-state index in [0.29, 0.717) is 17.7 Å². The molecule has 0 spiro atoms. The Kier molecular flexibility index (Phi) is 5.55. The van der Waals surface area contributed by atoms with Crippen LogP contribution in [-0.2, 0) is 16.6 Å². The maximum absolute atomic E-state index is 12.6. The molecule has 29 heavy (non-hydrogen) atoms. The number of likely N-dealkylation sites (N-methyl/N-ethyl adjacent to an activating group) is 1. The van der Waals surface area contributed by atoms with Crippen molar-refractivity contribution in [3.63, 3.8) is 0 Å². The number of rotatable bonds is 7. The first kappa shape index (κ1) is 20.3. The molecule has 1 aliphatic rings. The molecule has 0 unspecified atom stereocenters. The number of fused-ring (bicyclic) bond motifs is 1. The van der Waals surface area contributed by atoms with E-state index in [-0.39, 0.29) is 23.5 Å². The molecule has 2 aromatic rings. The summed E-state index contributed by atoms with van der Waals surface area (Å²) in [6, 6.07) is 12.4. The van der Waals surface area contributed by atoms with Crippen LogP contribution in [0, 0.1) is 10.1 Å². The van der Waals surface area contributed by atoms with Crippen molar-refractivity contribution in [3.05, 3.63) is 88.1 Å². The summed E-state index contributed by atoms with van der Waals surface area (Å²) >= 11 is 0. The summed E-state index contributed by atoms with van der Waals surface area (Å²) in [4.78, 5) is 25.2. The van der Waals surface area contributed by atoms with Gasteiger partial charge in [-0.05, 0) is 24.1 Å². The number of non-ortho nitro benzene ring substituents is 1.